The van der Waals surface area contributed by atoms with Crippen LogP contribution in [0.15, 0.2) is 48.5 Å². The van der Waals surface area contributed by atoms with E-state index in [-0.39, 0.29) is 11.4 Å². The Morgan fingerprint density at radius 2 is 1.88 bits per heavy atom. The number of nitro benzene ring substituents is 1. The van der Waals surface area contributed by atoms with Crippen molar-refractivity contribution in [3.63, 3.8) is 0 Å². The summed E-state index contributed by atoms with van der Waals surface area (Å²) in [5.74, 6) is -1.92. The Bertz CT molecular complexity index is 847. The summed E-state index contributed by atoms with van der Waals surface area (Å²) in [5, 5.41) is 12.9. The highest BCUT2D eigenvalue weighted by Crippen LogP contribution is 2.21. The smallest absolute Gasteiger partial charge is 0.337 e. The molecule has 0 bridgehead atoms. The average Bonchev–Trinajstić information content (AvgIpc) is 2.61. The van der Waals surface area contributed by atoms with Crippen LogP contribution in [0.3, 0.4) is 0 Å². The van der Waals surface area contributed by atoms with Gasteiger partial charge in [0.1, 0.15) is 5.82 Å². The quantitative estimate of drug-likeness (QED) is 0.389. The molecule has 128 valence electrons. The first-order valence-corrected chi connectivity index (χ1v) is 7.02. The third kappa shape index (κ3) is 4.71. The van der Waals surface area contributed by atoms with Gasteiger partial charge in [0.25, 0.3) is 5.69 Å². The summed E-state index contributed by atoms with van der Waals surface area (Å²) in [7, 11) is 1.27. The molecule has 0 saturated heterocycles. The molecule has 8 heteroatoms. The fourth-order valence-electron chi connectivity index (χ4n) is 1.92. The van der Waals surface area contributed by atoms with Gasteiger partial charge in [0.2, 0.25) is 5.91 Å². The first-order valence-electron chi connectivity index (χ1n) is 7.02. The Morgan fingerprint density at radius 1 is 1.20 bits per heavy atom. The van der Waals surface area contributed by atoms with E-state index < -0.39 is 22.6 Å². The monoisotopic (exact) mass is 344 g/mol. The van der Waals surface area contributed by atoms with Crippen LogP contribution in [0.5, 0.6) is 0 Å². The normalized spacial score (nSPS) is 10.5. The third-order valence-corrected chi connectivity index (χ3v) is 3.18. The summed E-state index contributed by atoms with van der Waals surface area (Å²) in [6.45, 7) is 0. The molecule has 0 fully saturated rings. The molecule has 0 aliphatic heterocycles. The number of non-ortho nitro benzene ring substituents is 1. The van der Waals surface area contributed by atoms with E-state index in [1.165, 1.54) is 25.3 Å². The lowest BCUT2D eigenvalue weighted by molar-refractivity contribution is -0.384. The van der Waals surface area contributed by atoms with Crippen LogP contribution in [-0.4, -0.2) is 23.9 Å². The van der Waals surface area contributed by atoms with Crippen molar-refractivity contribution >= 4 is 29.3 Å². The van der Waals surface area contributed by atoms with E-state index in [1.807, 2.05) is 0 Å². The van der Waals surface area contributed by atoms with Crippen LogP contribution < -0.4 is 5.32 Å². The molecular formula is C17H13FN2O5. The molecule has 0 radical (unpaired) electrons. The molecule has 0 heterocycles. The fraction of sp³-hybridized carbons (Fsp3) is 0.0588. The van der Waals surface area contributed by atoms with E-state index in [4.69, 9.17) is 0 Å². The highest BCUT2D eigenvalue weighted by molar-refractivity contribution is 6.02. The number of methoxy groups -OCH3 is 1. The number of nitro groups is 1. The van der Waals surface area contributed by atoms with Crippen molar-refractivity contribution < 1.29 is 23.6 Å². The van der Waals surface area contributed by atoms with Crippen LogP contribution >= 0.6 is 0 Å². The average molecular weight is 344 g/mol. The Morgan fingerprint density at radius 3 is 2.48 bits per heavy atom. The van der Waals surface area contributed by atoms with Gasteiger partial charge >= 0.3 is 5.97 Å². The van der Waals surface area contributed by atoms with Gasteiger partial charge in [0.15, 0.2) is 0 Å². The number of carbonyl (C=O) groups excluding carboxylic acids is 2. The van der Waals surface area contributed by atoms with Crippen LogP contribution in [0.4, 0.5) is 15.8 Å². The molecule has 0 saturated carbocycles. The molecule has 25 heavy (non-hydrogen) atoms. The van der Waals surface area contributed by atoms with Crippen molar-refractivity contribution in [2.45, 2.75) is 0 Å². The van der Waals surface area contributed by atoms with Crippen LogP contribution in [0.1, 0.15) is 15.9 Å². The van der Waals surface area contributed by atoms with E-state index in [0.717, 1.165) is 24.3 Å². The van der Waals surface area contributed by atoms with Gasteiger partial charge in [-0.05, 0) is 29.8 Å². The van der Waals surface area contributed by atoms with Gasteiger partial charge in [-0.3, -0.25) is 14.9 Å². The van der Waals surface area contributed by atoms with Crippen molar-refractivity contribution in [2.24, 2.45) is 0 Å². The lowest BCUT2D eigenvalue weighted by Gasteiger charge is -2.03. The Labute approximate surface area is 141 Å². The Balaban J connectivity index is 2.07. The summed E-state index contributed by atoms with van der Waals surface area (Å²) in [5.41, 5.74) is 0.369. The van der Waals surface area contributed by atoms with Gasteiger partial charge in [-0.1, -0.05) is 12.1 Å². The van der Waals surface area contributed by atoms with Crippen molar-refractivity contribution in [2.75, 3.05) is 12.4 Å². The lowest BCUT2D eigenvalue weighted by Crippen LogP contribution is -2.09. The van der Waals surface area contributed by atoms with E-state index in [1.54, 1.807) is 12.1 Å². The van der Waals surface area contributed by atoms with Crippen LogP contribution in [0, 0.1) is 15.9 Å². The summed E-state index contributed by atoms with van der Waals surface area (Å²) < 4.78 is 18.2. The molecule has 7 nitrogen and oxygen atoms in total. The summed E-state index contributed by atoms with van der Waals surface area (Å²) in [4.78, 5) is 33.1. The second kappa shape index (κ2) is 7.82. The summed E-state index contributed by atoms with van der Waals surface area (Å²) >= 11 is 0. The number of esters is 1. The topological polar surface area (TPSA) is 98.5 Å². The molecule has 0 aromatic heterocycles. The van der Waals surface area contributed by atoms with E-state index in [2.05, 4.69) is 10.1 Å². The predicted molar refractivity (Wildman–Crippen MR) is 88.5 cm³/mol. The molecule has 0 atom stereocenters. The van der Waals surface area contributed by atoms with E-state index in [9.17, 15) is 24.1 Å². The molecule has 2 aromatic rings. The largest absolute Gasteiger partial charge is 0.465 e. The molecule has 0 aliphatic carbocycles. The minimum absolute atomic E-state index is 0.287. The van der Waals surface area contributed by atoms with Gasteiger partial charge in [-0.15, -0.1) is 0 Å². The van der Waals surface area contributed by atoms with Crippen molar-refractivity contribution in [3.05, 3.63) is 75.6 Å². The number of benzene rings is 2. The number of carbonyl (C=O) groups is 2. The van der Waals surface area contributed by atoms with Gasteiger partial charge in [0, 0.05) is 18.2 Å². The number of rotatable bonds is 5. The number of anilines is 1. The molecule has 1 N–H and O–H groups in total. The molecule has 2 rings (SSSR count). The lowest BCUT2D eigenvalue weighted by atomic mass is 10.1. The zero-order chi connectivity index (χ0) is 18.4. The van der Waals surface area contributed by atoms with Crippen LogP contribution in [-0.2, 0) is 9.53 Å². The molecule has 2 aromatic carbocycles. The first-order chi connectivity index (χ1) is 11.9. The maximum atomic E-state index is 13.6. The second-order valence-corrected chi connectivity index (χ2v) is 4.86. The molecule has 1 amide bonds. The predicted octanol–water partition coefficient (Wildman–Crippen LogP) is 3.17. The molecule has 0 unspecified atom stereocenters. The van der Waals surface area contributed by atoms with Crippen LogP contribution in [0.2, 0.25) is 0 Å². The zero-order valence-corrected chi connectivity index (χ0v) is 13.1. The number of hydrogen-bond donors (Lipinski definition) is 1. The number of amides is 1. The van der Waals surface area contributed by atoms with Crippen LogP contribution in [0.25, 0.3) is 6.08 Å². The molecule has 0 aliphatic rings. The molecular weight excluding hydrogens is 331 g/mol. The number of nitrogens with one attached hydrogen (secondary N) is 1. The van der Waals surface area contributed by atoms with Gasteiger partial charge < -0.3 is 10.1 Å². The maximum absolute atomic E-state index is 13.6. The first kappa shape index (κ1) is 17.8. The summed E-state index contributed by atoms with van der Waals surface area (Å²) in [6, 6.07) is 9.11. The van der Waals surface area contributed by atoms with Gasteiger partial charge in [-0.2, -0.15) is 0 Å². The number of nitrogens with zero attached hydrogens (tertiary/aromatic N) is 1. The minimum atomic E-state index is -0.783. The maximum Gasteiger partial charge on any atom is 0.337 e. The van der Waals surface area contributed by atoms with E-state index >= 15 is 0 Å². The van der Waals surface area contributed by atoms with Crippen molar-refractivity contribution in [1.29, 1.82) is 0 Å². The van der Waals surface area contributed by atoms with Crippen molar-refractivity contribution in [3.8, 4) is 0 Å². The second-order valence-electron chi connectivity index (χ2n) is 4.86. The zero-order valence-electron chi connectivity index (χ0n) is 13.1. The van der Waals surface area contributed by atoms with Crippen molar-refractivity contribution in [1.82, 2.24) is 0 Å². The van der Waals surface area contributed by atoms with Gasteiger partial charge in [0.05, 0.1) is 23.3 Å². The number of ether oxygens (including phenoxy) is 1. The number of halogens is 1. The summed E-state index contributed by atoms with van der Waals surface area (Å²) in [6.07, 6.45) is 2.59. The fourth-order valence-corrected chi connectivity index (χ4v) is 1.92. The molecule has 0 spiro atoms. The van der Waals surface area contributed by atoms with Gasteiger partial charge in [-0.25, -0.2) is 9.18 Å². The number of hydrogen-bond acceptors (Lipinski definition) is 5. The Kier molecular flexibility index (Phi) is 5.57. The minimum Gasteiger partial charge on any atom is -0.465 e. The third-order valence-electron chi connectivity index (χ3n) is 3.18. The van der Waals surface area contributed by atoms with E-state index in [0.29, 0.717) is 11.1 Å². The standard InChI is InChI=1S/C17H13FN2O5/c1-25-17(22)12-5-2-11(3-6-12)4-9-16(21)19-15-10-13(20(23)24)7-8-14(15)18/h2-10H,1H3,(H,19,21). The Hall–Kier alpha value is -3.55. The highest BCUT2D eigenvalue weighted by atomic mass is 19.1. The highest BCUT2D eigenvalue weighted by Gasteiger charge is 2.12. The SMILES string of the molecule is COC(=O)c1ccc(C=CC(=O)Nc2cc([N+](=O)[O-])ccc2F)cc1.